The van der Waals surface area contributed by atoms with Gasteiger partial charge < -0.3 is 20.0 Å². The van der Waals surface area contributed by atoms with Crippen LogP contribution in [0.5, 0.6) is 5.75 Å². The summed E-state index contributed by atoms with van der Waals surface area (Å²) >= 11 is 0. The minimum absolute atomic E-state index is 0.0134. The molecule has 2 aromatic rings. The molecule has 0 aliphatic heterocycles. The number of carboxylic acid groups (broad SMARTS) is 1. The molecule has 2 aromatic carbocycles. The summed E-state index contributed by atoms with van der Waals surface area (Å²) in [5.74, 6) is -1.98. The van der Waals surface area contributed by atoms with Gasteiger partial charge in [-0.3, -0.25) is 4.79 Å². The van der Waals surface area contributed by atoms with Gasteiger partial charge in [0.15, 0.2) is 0 Å². The third kappa shape index (κ3) is 4.32. The Morgan fingerprint density at radius 2 is 1.68 bits per heavy atom. The smallest absolute Gasteiger partial charge is 0.256 e. The van der Waals surface area contributed by atoms with Gasteiger partial charge in [0.2, 0.25) is 10.0 Å². The number of ether oxygens (including phenoxy) is 1. The molecule has 0 saturated carbocycles. The maximum Gasteiger partial charge on any atom is 0.256 e. The maximum absolute atomic E-state index is 12.7. The number of carboxylic acids is 1. The lowest BCUT2D eigenvalue weighted by Crippen LogP contribution is -2.30. The lowest BCUT2D eigenvalue weighted by molar-refractivity contribution is -0.255. The largest absolute Gasteiger partial charge is 0.545 e. The van der Waals surface area contributed by atoms with Crippen LogP contribution in [0.15, 0.2) is 47.4 Å². The van der Waals surface area contributed by atoms with E-state index in [2.05, 4.69) is 5.32 Å². The van der Waals surface area contributed by atoms with Gasteiger partial charge >= 0.3 is 0 Å². The normalized spacial score (nSPS) is 11.3. The van der Waals surface area contributed by atoms with Gasteiger partial charge in [-0.2, -0.15) is 4.31 Å². The number of benzene rings is 2. The number of carbonyl (C=O) groups excluding carboxylic acids is 2. The molecule has 0 saturated heterocycles. The first-order valence-electron chi connectivity index (χ1n) is 8.56. The van der Waals surface area contributed by atoms with Gasteiger partial charge in [0.1, 0.15) is 5.75 Å². The Morgan fingerprint density at radius 3 is 2.21 bits per heavy atom. The highest BCUT2D eigenvalue weighted by atomic mass is 32.2. The van der Waals surface area contributed by atoms with Crippen LogP contribution in [0.3, 0.4) is 0 Å². The number of amides is 1. The monoisotopic (exact) mass is 405 g/mol. The van der Waals surface area contributed by atoms with Gasteiger partial charge in [0.05, 0.1) is 23.7 Å². The number of anilines is 1. The molecule has 0 unspecified atom stereocenters. The van der Waals surface area contributed by atoms with E-state index in [1.807, 2.05) is 0 Å². The topological polar surface area (TPSA) is 116 Å². The highest BCUT2D eigenvalue weighted by Crippen LogP contribution is 2.29. The third-order valence-electron chi connectivity index (χ3n) is 4.15. The van der Waals surface area contributed by atoms with Crippen LogP contribution in [0.2, 0.25) is 0 Å². The van der Waals surface area contributed by atoms with Gasteiger partial charge in [-0.25, -0.2) is 8.42 Å². The predicted octanol–water partition coefficient (Wildman–Crippen LogP) is 1.34. The van der Waals surface area contributed by atoms with Gasteiger partial charge in [-0.05, 0) is 24.3 Å². The van der Waals surface area contributed by atoms with Crippen LogP contribution >= 0.6 is 0 Å². The Balaban J connectivity index is 2.46. The quantitative estimate of drug-likeness (QED) is 0.709. The summed E-state index contributed by atoms with van der Waals surface area (Å²) in [6.07, 6.45) is 0. The van der Waals surface area contributed by atoms with Crippen LogP contribution in [-0.2, 0) is 10.0 Å². The van der Waals surface area contributed by atoms with Crippen molar-refractivity contribution in [1.82, 2.24) is 4.31 Å². The van der Waals surface area contributed by atoms with Gasteiger partial charge in [-0.15, -0.1) is 0 Å². The molecule has 150 valence electrons. The molecule has 0 heterocycles. The van der Waals surface area contributed by atoms with E-state index in [-0.39, 0.29) is 27.5 Å². The summed E-state index contributed by atoms with van der Waals surface area (Å²) in [5, 5.41) is 13.8. The lowest BCUT2D eigenvalue weighted by Gasteiger charge is -2.20. The van der Waals surface area contributed by atoms with Crippen LogP contribution < -0.4 is 15.2 Å². The van der Waals surface area contributed by atoms with Crippen LogP contribution in [0.4, 0.5) is 5.69 Å². The fraction of sp³-hybridized carbons (Fsp3) is 0.263. The second-order valence-corrected chi connectivity index (χ2v) is 7.68. The zero-order valence-corrected chi connectivity index (χ0v) is 16.6. The fourth-order valence-corrected chi connectivity index (χ4v) is 4.19. The van der Waals surface area contributed by atoms with Crippen molar-refractivity contribution in [2.75, 3.05) is 25.5 Å². The lowest BCUT2D eigenvalue weighted by atomic mass is 10.1. The standard InChI is InChI=1S/C19H22N2O6S/c1-4-21(5-2)28(25,26)13-10-11-17(27-3)16(12-13)20-18(22)14-8-6-7-9-15(14)19(23)24/h6-12H,4-5H2,1-3H3,(H,20,22)(H,23,24)/p-1. The second kappa shape index (κ2) is 8.85. The molecule has 0 aromatic heterocycles. The average Bonchev–Trinajstić information content (AvgIpc) is 2.68. The first-order valence-corrected chi connectivity index (χ1v) is 10.00. The summed E-state index contributed by atoms with van der Waals surface area (Å²) in [4.78, 5) is 23.8. The molecule has 0 aliphatic rings. The van der Waals surface area contributed by atoms with Crippen molar-refractivity contribution in [3.05, 3.63) is 53.6 Å². The predicted molar refractivity (Wildman–Crippen MR) is 102 cm³/mol. The molecule has 0 atom stereocenters. The number of sulfonamides is 1. The molecular formula is C19H21N2O6S-. The van der Waals surface area contributed by atoms with E-state index in [1.54, 1.807) is 13.8 Å². The van der Waals surface area contributed by atoms with Gasteiger partial charge in [0, 0.05) is 24.2 Å². The average molecular weight is 405 g/mol. The van der Waals surface area contributed by atoms with Crippen molar-refractivity contribution in [3.63, 3.8) is 0 Å². The highest BCUT2D eigenvalue weighted by Gasteiger charge is 2.23. The second-order valence-electron chi connectivity index (χ2n) is 5.74. The summed E-state index contributed by atoms with van der Waals surface area (Å²) < 4.78 is 31.9. The molecular weight excluding hydrogens is 384 g/mol. The summed E-state index contributed by atoms with van der Waals surface area (Å²) in [6.45, 7) is 4.05. The van der Waals surface area contributed by atoms with E-state index in [4.69, 9.17) is 4.74 Å². The molecule has 9 heteroatoms. The van der Waals surface area contributed by atoms with Crippen molar-refractivity contribution in [2.24, 2.45) is 0 Å². The van der Waals surface area contributed by atoms with Crippen LogP contribution in [0.1, 0.15) is 34.6 Å². The Labute approximate surface area is 163 Å². The molecule has 0 spiro atoms. The number of rotatable bonds is 8. The fourth-order valence-electron chi connectivity index (χ4n) is 2.71. The number of methoxy groups -OCH3 is 1. The summed E-state index contributed by atoms with van der Waals surface area (Å²) in [7, 11) is -2.37. The van der Waals surface area contributed by atoms with Crippen molar-refractivity contribution in [1.29, 1.82) is 0 Å². The molecule has 0 bridgehead atoms. The van der Waals surface area contributed by atoms with Crippen molar-refractivity contribution in [3.8, 4) is 5.75 Å². The van der Waals surface area contributed by atoms with Gasteiger partial charge in [0.25, 0.3) is 5.91 Å². The number of nitrogens with one attached hydrogen (secondary N) is 1. The number of hydrogen-bond donors (Lipinski definition) is 1. The number of nitrogens with zero attached hydrogens (tertiary/aromatic N) is 1. The molecule has 1 amide bonds. The van der Waals surface area contributed by atoms with E-state index in [0.29, 0.717) is 13.1 Å². The third-order valence-corrected chi connectivity index (χ3v) is 6.20. The Bertz CT molecular complexity index is 984. The van der Waals surface area contributed by atoms with Crippen LogP contribution in [0, 0.1) is 0 Å². The molecule has 0 radical (unpaired) electrons. The maximum atomic E-state index is 12.7. The summed E-state index contributed by atoms with van der Waals surface area (Å²) in [6, 6.07) is 9.67. The molecule has 28 heavy (non-hydrogen) atoms. The summed E-state index contributed by atoms with van der Waals surface area (Å²) in [5.41, 5.74) is -0.277. The van der Waals surface area contributed by atoms with Crippen molar-refractivity contribution >= 4 is 27.6 Å². The molecule has 2 rings (SSSR count). The van der Waals surface area contributed by atoms with E-state index in [9.17, 15) is 23.1 Å². The Hall–Kier alpha value is -2.91. The first kappa shape index (κ1) is 21.4. The van der Waals surface area contributed by atoms with Crippen molar-refractivity contribution in [2.45, 2.75) is 18.7 Å². The minimum atomic E-state index is -3.75. The zero-order chi connectivity index (χ0) is 20.9. The van der Waals surface area contributed by atoms with Crippen LogP contribution in [0.25, 0.3) is 0 Å². The Morgan fingerprint density at radius 1 is 1.07 bits per heavy atom. The number of hydrogen-bond acceptors (Lipinski definition) is 6. The Kier molecular flexibility index (Phi) is 6.76. The van der Waals surface area contributed by atoms with E-state index in [0.717, 1.165) is 0 Å². The SMILES string of the molecule is CCN(CC)S(=O)(=O)c1ccc(OC)c(NC(=O)c2ccccc2C(=O)[O-])c1. The van der Waals surface area contributed by atoms with E-state index < -0.39 is 21.9 Å². The molecule has 8 nitrogen and oxygen atoms in total. The van der Waals surface area contributed by atoms with E-state index >= 15 is 0 Å². The van der Waals surface area contributed by atoms with Crippen LogP contribution in [-0.4, -0.2) is 44.8 Å². The van der Waals surface area contributed by atoms with Crippen molar-refractivity contribution < 1.29 is 27.9 Å². The minimum Gasteiger partial charge on any atom is -0.545 e. The molecule has 0 aliphatic carbocycles. The molecule has 1 N–H and O–H groups in total. The zero-order valence-electron chi connectivity index (χ0n) is 15.8. The van der Waals surface area contributed by atoms with E-state index in [1.165, 1.54) is 53.9 Å². The number of aromatic carboxylic acids is 1. The molecule has 0 fully saturated rings. The number of carbonyl (C=O) groups is 2. The van der Waals surface area contributed by atoms with Gasteiger partial charge in [-0.1, -0.05) is 32.0 Å². The first-order chi connectivity index (χ1) is 13.3. The highest BCUT2D eigenvalue weighted by molar-refractivity contribution is 7.89.